The number of carbonyl (C=O) groups excluding carboxylic acids is 1. The summed E-state index contributed by atoms with van der Waals surface area (Å²) >= 11 is 0. The summed E-state index contributed by atoms with van der Waals surface area (Å²) in [6.45, 7) is 3.69. The first kappa shape index (κ1) is 18.5. The molecular weight excluding hydrogens is 380 g/mol. The van der Waals surface area contributed by atoms with Crippen LogP contribution in [0.1, 0.15) is 39.5 Å². The number of amides is 1. The number of rotatable bonds is 4. The molecule has 0 aromatic carbocycles. The lowest BCUT2D eigenvalue weighted by atomic mass is 9.81. The SMILES string of the molecule is CC(=O)N[C@]1(C)CC[C@@H](Nc2ncc3c(-c4cnc5nccn5c4)c[nH]c3n2)CC1. The number of carbonyl (C=O) groups is 1. The third-order valence-corrected chi connectivity index (χ3v) is 5.89. The molecule has 30 heavy (non-hydrogen) atoms. The van der Waals surface area contributed by atoms with Gasteiger partial charge in [-0.15, -0.1) is 0 Å². The molecule has 0 spiro atoms. The highest BCUT2D eigenvalue weighted by molar-refractivity contribution is 5.93. The zero-order chi connectivity index (χ0) is 20.7. The summed E-state index contributed by atoms with van der Waals surface area (Å²) in [5, 5.41) is 7.48. The van der Waals surface area contributed by atoms with E-state index in [-0.39, 0.29) is 11.4 Å². The van der Waals surface area contributed by atoms with E-state index in [2.05, 4.69) is 42.5 Å². The number of fused-ring (bicyclic) bond motifs is 2. The van der Waals surface area contributed by atoms with Crippen molar-refractivity contribution in [2.75, 3.05) is 5.32 Å². The standard InChI is InChI=1S/C21H24N8O/c1-13(30)28-21(2)5-3-15(4-6-21)26-19-24-11-17-16(10-23-18(17)27-19)14-9-25-20-22-7-8-29(20)12-14/h7-12,15H,3-6H2,1-2H3,(H,28,30)(H2,23,24,26,27)/t15-,21-. The monoisotopic (exact) mass is 404 g/mol. The first-order chi connectivity index (χ1) is 14.5. The van der Waals surface area contributed by atoms with Crippen LogP contribution < -0.4 is 10.6 Å². The van der Waals surface area contributed by atoms with E-state index in [1.807, 2.05) is 35.4 Å². The van der Waals surface area contributed by atoms with Crippen molar-refractivity contribution in [1.29, 1.82) is 0 Å². The molecule has 4 aromatic rings. The van der Waals surface area contributed by atoms with Crippen LogP contribution >= 0.6 is 0 Å². The van der Waals surface area contributed by atoms with Crippen LogP contribution in [0.3, 0.4) is 0 Å². The summed E-state index contributed by atoms with van der Waals surface area (Å²) in [7, 11) is 0. The highest BCUT2D eigenvalue weighted by atomic mass is 16.1. The van der Waals surface area contributed by atoms with Crippen molar-refractivity contribution >= 4 is 28.7 Å². The molecule has 0 unspecified atom stereocenters. The number of hydrogen-bond donors (Lipinski definition) is 3. The highest BCUT2D eigenvalue weighted by Gasteiger charge is 2.31. The van der Waals surface area contributed by atoms with Crippen molar-refractivity contribution in [3.8, 4) is 11.1 Å². The van der Waals surface area contributed by atoms with Crippen molar-refractivity contribution in [3.05, 3.63) is 37.2 Å². The first-order valence-corrected chi connectivity index (χ1v) is 10.2. The number of nitrogens with zero attached hydrogens (tertiary/aromatic N) is 5. The van der Waals surface area contributed by atoms with E-state index < -0.39 is 0 Å². The number of H-pyrrole nitrogens is 1. The van der Waals surface area contributed by atoms with Crippen LogP contribution in [-0.2, 0) is 4.79 Å². The Morgan fingerprint density at radius 2 is 2.07 bits per heavy atom. The second-order valence-corrected chi connectivity index (χ2v) is 8.30. The minimum Gasteiger partial charge on any atom is -0.351 e. The number of nitrogens with one attached hydrogen (secondary N) is 3. The maximum absolute atomic E-state index is 11.4. The molecule has 3 N–H and O–H groups in total. The van der Waals surface area contributed by atoms with E-state index >= 15 is 0 Å². The van der Waals surface area contributed by atoms with Gasteiger partial charge in [0, 0.05) is 72.2 Å². The van der Waals surface area contributed by atoms with Gasteiger partial charge in [0.05, 0.1) is 0 Å². The van der Waals surface area contributed by atoms with Gasteiger partial charge in [-0.2, -0.15) is 4.98 Å². The quantitative estimate of drug-likeness (QED) is 0.482. The molecule has 1 saturated carbocycles. The summed E-state index contributed by atoms with van der Waals surface area (Å²) in [5.41, 5.74) is 2.64. The van der Waals surface area contributed by atoms with Gasteiger partial charge in [0.2, 0.25) is 17.6 Å². The Balaban J connectivity index is 1.32. The third kappa shape index (κ3) is 3.47. The molecular formula is C21H24N8O. The van der Waals surface area contributed by atoms with Crippen molar-refractivity contribution in [2.24, 2.45) is 0 Å². The fourth-order valence-corrected chi connectivity index (χ4v) is 4.30. The molecule has 0 aliphatic heterocycles. The minimum atomic E-state index is -0.118. The summed E-state index contributed by atoms with van der Waals surface area (Å²) in [6.07, 6.45) is 15.0. The fraction of sp³-hybridized carbons (Fsp3) is 0.381. The van der Waals surface area contributed by atoms with Gasteiger partial charge in [0.25, 0.3) is 0 Å². The molecule has 5 rings (SSSR count). The maximum atomic E-state index is 11.4. The summed E-state index contributed by atoms with van der Waals surface area (Å²) in [6, 6.07) is 0.298. The Labute approximate surface area is 173 Å². The van der Waals surface area contributed by atoms with Gasteiger partial charge in [-0.1, -0.05) is 0 Å². The largest absolute Gasteiger partial charge is 0.351 e. The zero-order valence-electron chi connectivity index (χ0n) is 17.0. The Hall–Kier alpha value is -3.49. The van der Waals surface area contributed by atoms with Crippen molar-refractivity contribution in [1.82, 2.24) is 34.6 Å². The van der Waals surface area contributed by atoms with E-state index in [1.165, 1.54) is 0 Å². The molecule has 0 radical (unpaired) electrons. The summed E-state index contributed by atoms with van der Waals surface area (Å²) in [4.78, 5) is 32.4. The number of aromatic nitrogens is 6. The van der Waals surface area contributed by atoms with Crippen molar-refractivity contribution in [2.45, 2.75) is 51.1 Å². The average molecular weight is 404 g/mol. The normalized spacial score (nSPS) is 21.7. The van der Waals surface area contributed by atoms with Crippen molar-refractivity contribution in [3.63, 3.8) is 0 Å². The molecule has 1 aliphatic carbocycles. The highest BCUT2D eigenvalue weighted by Crippen LogP contribution is 2.30. The van der Waals surface area contributed by atoms with Crippen LogP contribution in [-0.4, -0.2) is 46.8 Å². The second-order valence-electron chi connectivity index (χ2n) is 8.30. The Bertz CT molecular complexity index is 1220. The van der Waals surface area contributed by atoms with Crippen LogP contribution in [0.2, 0.25) is 0 Å². The number of hydrogen-bond acceptors (Lipinski definition) is 6. The lowest BCUT2D eigenvalue weighted by Crippen LogP contribution is -2.49. The van der Waals surface area contributed by atoms with E-state index in [4.69, 9.17) is 0 Å². The third-order valence-electron chi connectivity index (χ3n) is 5.89. The summed E-state index contributed by atoms with van der Waals surface area (Å²) < 4.78 is 1.89. The topological polar surface area (TPSA) is 113 Å². The molecule has 154 valence electrons. The number of anilines is 1. The lowest BCUT2D eigenvalue weighted by molar-refractivity contribution is -0.121. The maximum Gasteiger partial charge on any atom is 0.233 e. The van der Waals surface area contributed by atoms with Gasteiger partial charge in [-0.3, -0.25) is 9.20 Å². The van der Waals surface area contributed by atoms with Gasteiger partial charge in [-0.05, 0) is 32.6 Å². The molecule has 0 atom stereocenters. The second kappa shape index (κ2) is 7.08. The van der Waals surface area contributed by atoms with Crippen LogP contribution in [0.5, 0.6) is 0 Å². The molecule has 4 aromatic heterocycles. The van der Waals surface area contributed by atoms with Gasteiger partial charge in [0.1, 0.15) is 5.65 Å². The predicted molar refractivity (Wildman–Crippen MR) is 114 cm³/mol. The van der Waals surface area contributed by atoms with Crippen LogP contribution in [0.4, 0.5) is 5.95 Å². The lowest BCUT2D eigenvalue weighted by Gasteiger charge is -2.38. The summed E-state index contributed by atoms with van der Waals surface area (Å²) in [5.74, 6) is 1.32. The Morgan fingerprint density at radius 1 is 1.23 bits per heavy atom. The van der Waals surface area contributed by atoms with Gasteiger partial charge < -0.3 is 15.6 Å². The van der Waals surface area contributed by atoms with Crippen LogP contribution in [0.15, 0.2) is 37.2 Å². The van der Waals surface area contributed by atoms with Crippen LogP contribution in [0.25, 0.3) is 27.9 Å². The van der Waals surface area contributed by atoms with E-state index in [1.54, 1.807) is 13.1 Å². The van der Waals surface area contributed by atoms with E-state index in [9.17, 15) is 4.79 Å². The molecule has 1 aliphatic rings. The number of imidazole rings is 1. The van der Waals surface area contributed by atoms with Gasteiger partial charge >= 0.3 is 0 Å². The fourth-order valence-electron chi connectivity index (χ4n) is 4.30. The smallest absolute Gasteiger partial charge is 0.233 e. The van der Waals surface area contributed by atoms with Crippen LogP contribution in [0, 0.1) is 0 Å². The van der Waals surface area contributed by atoms with E-state index in [0.717, 1.165) is 47.8 Å². The number of aromatic amines is 1. The average Bonchev–Trinajstić information content (AvgIpc) is 3.35. The molecule has 1 amide bonds. The van der Waals surface area contributed by atoms with Gasteiger partial charge in [-0.25, -0.2) is 15.0 Å². The Kier molecular flexibility index (Phi) is 4.38. The molecule has 0 bridgehead atoms. The van der Waals surface area contributed by atoms with Crippen molar-refractivity contribution < 1.29 is 4.79 Å². The Morgan fingerprint density at radius 3 is 2.87 bits per heavy atom. The minimum absolute atomic E-state index is 0.0302. The molecule has 9 heteroatoms. The molecule has 1 fully saturated rings. The molecule has 4 heterocycles. The van der Waals surface area contributed by atoms with E-state index in [0.29, 0.717) is 17.8 Å². The molecule has 0 saturated heterocycles. The first-order valence-electron chi connectivity index (χ1n) is 10.2. The predicted octanol–water partition coefficient (Wildman–Crippen LogP) is 2.92. The zero-order valence-corrected chi connectivity index (χ0v) is 17.0. The molecule has 9 nitrogen and oxygen atoms in total. The van der Waals surface area contributed by atoms with Gasteiger partial charge in [0.15, 0.2) is 0 Å².